The summed E-state index contributed by atoms with van der Waals surface area (Å²) in [5.74, 6) is 0. The SMILES string of the molecule is OC(CC(O)C(Cl)(Cl)Cl)C1=C[CH]C=C1. The number of halogens is 3. The van der Waals surface area contributed by atoms with Crippen LogP contribution in [0.2, 0.25) is 0 Å². The van der Waals surface area contributed by atoms with Gasteiger partial charge in [-0.1, -0.05) is 53.0 Å². The molecule has 0 spiro atoms. The molecule has 1 radical (unpaired) electrons. The molecule has 0 amide bonds. The van der Waals surface area contributed by atoms with E-state index < -0.39 is 16.0 Å². The second-order valence-corrected chi connectivity index (χ2v) is 5.40. The molecule has 2 unspecified atom stereocenters. The predicted molar refractivity (Wildman–Crippen MR) is 58.4 cm³/mol. The molecule has 14 heavy (non-hydrogen) atoms. The molecule has 2 N–H and O–H groups in total. The van der Waals surface area contributed by atoms with E-state index in [1.807, 2.05) is 0 Å². The summed E-state index contributed by atoms with van der Waals surface area (Å²) in [4.78, 5) is 0. The fourth-order valence-electron chi connectivity index (χ4n) is 1.09. The quantitative estimate of drug-likeness (QED) is 0.760. The van der Waals surface area contributed by atoms with Gasteiger partial charge in [-0.25, -0.2) is 0 Å². The van der Waals surface area contributed by atoms with E-state index in [0.29, 0.717) is 5.57 Å². The van der Waals surface area contributed by atoms with Gasteiger partial charge in [0.05, 0.1) is 6.10 Å². The molecule has 0 aromatic carbocycles. The van der Waals surface area contributed by atoms with Gasteiger partial charge < -0.3 is 10.2 Å². The molecule has 0 saturated heterocycles. The van der Waals surface area contributed by atoms with E-state index in [0.717, 1.165) is 0 Å². The Balaban J connectivity index is 2.48. The van der Waals surface area contributed by atoms with Crippen molar-refractivity contribution in [2.24, 2.45) is 0 Å². The van der Waals surface area contributed by atoms with Crippen molar-refractivity contribution in [3.8, 4) is 0 Å². The van der Waals surface area contributed by atoms with Crippen LogP contribution in [0, 0.1) is 6.42 Å². The number of hydrogen-bond donors (Lipinski definition) is 2. The number of hydrogen-bond acceptors (Lipinski definition) is 2. The van der Waals surface area contributed by atoms with E-state index >= 15 is 0 Å². The van der Waals surface area contributed by atoms with E-state index in [4.69, 9.17) is 34.8 Å². The number of rotatable bonds is 3. The summed E-state index contributed by atoms with van der Waals surface area (Å²) in [5.41, 5.74) is 0.707. The average molecular weight is 257 g/mol. The predicted octanol–water partition coefficient (Wildman–Crippen LogP) is 2.17. The molecule has 5 heteroatoms. The van der Waals surface area contributed by atoms with Crippen molar-refractivity contribution in [3.63, 3.8) is 0 Å². The van der Waals surface area contributed by atoms with Gasteiger partial charge in [0.2, 0.25) is 3.79 Å². The maximum Gasteiger partial charge on any atom is 0.216 e. The second kappa shape index (κ2) is 4.86. The van der Waals surface area contributed by atoms with E-state index in [2.05, 4.69) is 0 Å². The zero-order valence-corrected chi connectivity index (χ0v) is 9.47. The molecule has 0 saturated carbocycles. The molecule has 0 bridgehead atoms. The third-order valence-corrected chi connectivity index (χ3v) is 2.65. The Morgan fingerprint density at radius 3 is 2.36 bits per heavy atom. The van der Waals surface area contributed by atoms with Crippen molar-refractivity contribution >= 4 is 34.8 Å². The van der Waals surface area contributed by atoms with Crippen LogP contribution in [-0.4, -0.2) is 26.2 Å². The highest BCUT2D eigenvalue weighted by Gasteiger charge is 2.32. The summed E-state index contributed by atoms with van der Waals surface area (Å²) in [7, 11) is 0. The van der Waals surface area contributed by atoms with Crippen LogP contribution >= 0.6 is 34.8 Å². The van der Waals surface area contributed by atoms with Crippen LogP contribution < -0.4 is 0 Å². The van der Waals surface area contributed by atoms with E-state index in [9.17, 15) is 10.2 Å². The molecule has 0 heterocycles. The fourth-order valence-corrected chi connectivity index (χ4v) is 1.36. The molecule has 0 aromatic rings. The highest BCUT2D eigenvalue weighted by atomic mass is 35.6. The summed E-state index contributed by atoms with van der Waals surface area (Å²) in [5, 5.41) is 19.0. The molecule has 79 valence electrons. The summed E-state index contributed by atoms with van der Waals surface area (Å²) in [6.07, 6.45) is 5.08. The van der Waals surface area contributed by atoms with Crippen molar-refractivity contribution in [2.45, 2.75) is 22.4 Å². The summed E-state index contributed by atoms with van der Waals surface area (Å²) in [6.45, 7) is 0. The zero-order chi connectivity index (χ0) is 10.8. The monoisotopic (exact) mass is 255 g/mol. The van der Waals surface area contributed by atoms with Crippen LogP contribution in [0.25, 0.3) is 0 Å². The smallest absolute Gasteiger partial charge is 0.216 e. The van der Waals surface area contributed by atoms with Crippen molar-refractivity contribution in [1.29, 1.82) is 0 Å². The largest absolute Gasteiger partial charge is 0.389 e. The summed E-state index contributed by atoms with van der Waals surface area (Å²) >= 11 is 16.4. The topological polar surface area (TPSA) is 40.5 Å². The standard InChI is InChI=1S/C9H10Cl3O2/c10-9(11,12)8(14)5-7(13)6-3-1-2-4-6/h1-4,7-8,13-14H,5H2. The van der Waals surface area contributed by atoms with E-state index in [1.165, 1.54) is 0 Å². The Hall–Kier alpha value is 0.270. The summed E-state index contributed by atoms with van der Waals surface area (Å²) < 4.78 is -1.76. The lowest BCUT2D eigenvalue weighted by molar-refractivity contribution is 0.103. The first-order chi connectivity index (χ1) is 6.41. The molecule has 0 aromatic heterocycles. The molecule has 2 nitrogen and oxygen atoms in total. The minimum Gasteiger partial charge on any atom is -0.389 e. The van der Waals surface area contributed by atoms with Crippen LogP contribution in [0.4, 0.5) is 0 Å². The summed E-state index contributed by atoms with van der Waals surface area (Å²) in [6, 6.07) is 0. The fraction of sp³-hybridized carbons (Fsp3) is 0.444. The van der Waals surface area contributed by atoms with Gasteiger partial charge in [0.15, 0.2) is 0 Å². The van der Waals surface area contributed by atoms with Crippen LogP contribution in [0.5, 0.6) is 0 Å². The lowest BCUT2D eigenvalue weighted by Gasteiger charge is -2.21. The Kier molecular flexibility index (Phi) is 4.29. The molecular weight excluding hydrogens is 246 g/mol. The van der Waals surface area contributed by atoms with Gasteiger partial charge in [-0.15, -0.1) is 0 Å². The van der Waals surface area contributed by atoms with Crippen LogP contribution in [-0.2, 0) is 0 Å². The number of allylic oxidation sites excluding steroid dienone is 2. The third-order valence-electron chi connectivity index (χ3n) is 1.90. The van der Waals surface area contributed by atoms with Crippen LogP contribution in [0.1, 0.15) is 6.42 Å². The van der Waals surface area contributed by atoms with Gasteiger partial charge in [-0.05, 0) is 5.57 Å². The van der Waals surface area contributed by atoms with Crippen molar-refractivity contribution < 1.29 is 10.2 Å². The van der Waals surface area contributed by atoms with Crippen molar-refractivity contribution in [2.75, 3.05) is 0 Å². The Labute approximate surface area is 97.8 Å². The number of aliphatic hydroxyl groups is 2. The molecular formula is C9H10Cl3O2. The second-order valence-electron chi connectivity index (χ2n) is 3.03. The molecule has 1 rings (SSSR count). The average Bonchev–Trinajstić information content (AvgIpc) is 2.53. The lowest BCUT2D eigenvalue weighted by Crippen LogP contribution is -2.30. The Bertz CT molecular complexity index is 255. The Morgan fingerprint density at radius 1 is 1.29 bits per heavy atom. The normalized spacial score (nSPS) is 20.8. The van der Waals surface area contributed by atoms with Gasteiger partial charge in [0.25, 0.3) is 0 Å². The maximum absolute atomic E-state index is 9.61. The van der Waals surface area contributed by atoms with Gasteiger partial charge in [-0.3, -0.25) is 0 Å². The van der Waals surface area contributed by atoms with Crippen LogP contribution in [0.3, 0.4) is 0 Å². The highest BCUT2D eigenvalue weighted by molar-refractivity contribution is 6.68. The number of aliphatic hydroxyl groups excluding tert-OH is 2. The van der Waals surface area contributed by atoms with E-state index in [1.54, 1.807) is 24.6 Å². The lowest BCUT2D eigenvalue weighted by atomic mass is 10.1. The molecule has 1 aliphatic carbocycles. The van der Waals surface area contributed by atoms with Gasteiger partial charge in [-0.2, -0.15) is 0 Å². The third kappa shape index (κ3) is 3.44. The first-order valence-electron chi connectivity index (χ1n) is 4.05. The Morgan fingerprint density at radius 2 is 1.93 bits per heavy atom. The zero-order valence-electron chi connectivity index (χ0n) is 7.20. The highest BCUT2D eigenvalue weighted by Crippen LogP contribution is 2.33. The minimum atomic E-state index is -1.76. The van der Waals surface area contributed by atoms with Crippen LogP contribution in [0.15, 0.2) is 23.8 Å². The molecule has 0 fully saturated rings. The van der Waals surface area contributed by atoms with Crippen molar-refractivity contribution in [3.05, 3.63) is 30.2 Å². The first kappa shape index (κ1) is 12.3. The first-order valence-corrected chi connectivity index (χ1v) is 5.19. The molecule has 2 atom stereocenters. The minimum absolute atomic E-state index is 0.000509. The van der Waals surface area contributed by atoms with Gasteiger partial charge >= 0.3 is 0 Å². The molecule has 0 aliphatic heterocycles. The van der Waals surface area contributed by atoms with Gasteiger partial charge in [0.1, 0.15) is 6.10 Å². The number of alkyl halides is 3. The molecule has 1 aliphatic rings. The van der Waals surface area contributed by atoms with Gasteiger partial charge in [0, 0.05) is 12.8 Å². The maximum atomic E-state index is 9.61. The van der Waals surface area contributed by atoms with Crippen molar-refractivity contribution in [1.82, 2.24) is 0 Å². The van der Waals surface area contributed by atoms with E-state index in [-0.39, 0.29) is 6.42 Å².